The number of Topliss-reactive ketones (excluding diaryl/α,β-unsaturated/α-hetero) is 1. The van der Waals surface area contributed by atoms with Crippen LogP contribution in [0.2, 0.25) is 0 Å². The van der Waals surface area contributed by atoms with E-state index in [1.54, 1.807) is 0 Å². The number of ketones is 1. The van der Waals surface area contributed by atoms with Gasteiger partial charge in [0.2, 0.25) is 0 Å². The lowest BCUT2D eigenvalue weighted by atomic mass is 10.0. The average Bonchev–Trinajstić information content (AvgIpc) is 2.70. The van der Waals surface area contributed by atoms with E-state index in [4.69, 9.17) is 9.47 Å². The first-order valence-corrected chi connectivity index (χ1v) is 8.10. The summed E-state index contributed by atoms with van der Waals surface area (Å²) in [6.07, 6.45) is -0.829. The van der Waals surface area contributed by atoms with Gasteiger partial charge in [0.05, 0.1) is 12.2 Å². The summed E-state index contributed by atoms with van der Waals surface area (Å²) in [6.45, 7) is 1.95. The maximum Gasteiger partial charge on any atom is 0.167 e. The van der Waals surface area contributed by atoms with Gasteiger partial charge in [0.15, 0.2) is 5.78 Å². The van der Waals surface area contributed by atoms with Crippen molar-refractivity contribution >= 4 is 37.6 Å². The van der Waals surface area contributed by atoms with E-state index in [1.165, 1.54) is 0 Å². The van der Waals surface area contributed by atoms with Gasteiger partial charge in [-0.2, -0.15) is 0 Å². The number of ether oxygens (including phenoxy) is 2. The minimum absolute atomic E-state index is 0.0976. The van der Waals surface area contributed by atoms with Crippen LogP contribution in [0.5, 0.6) is 0 Å². The molecule has 1 aromatic carbocycles. The number of hydrogen-bond donors (Lipinski definition) is 0. The smallest absolute Gasteiger partial charge is 0.167 e. The number of carbonyl (C=O) groups excluding carboxylic acids is 1. The van der Waals surface area contributed by atoms with Gasteiger partial charge in [-0.1, -0.05) is 62.2 Å². The molecule has 0 spiro atoms. The molecule has 0 amide bonds. The summed E-state index contributed by atoms with van der Waals surface area (Å²) in [5.41, 5.74) is 1.06. The van der Waals surface area contributed by atoms with Gasteiger partial charge < -0.3 is 9.47 Å². The molecule has 2 heterocycles. The topological polar surface area (TPSA) is 35.5 Å². The van der Waals surface area contributed by atoms with Gasteiger partial charge in [0, 0.05) is 15.4 Å². The Labute approximate surface area is 134 Å². The number of benzene rings is 1. The highest BCUT2D eigenvalue weighted by Crippen LogP contribution is 2.43. The Morgan fingerprint density at radius 3 is 2.65 bits per heavy atom. The Hall–Kier alpha value is -0.490. The Balaban J connectivity index is 1.78. The highest BCUT2D eigenvalue weighted by atomic mass is 79.9. The monoisotopic (exact) mass is 400 g/mol. The summed E-state index contributed by atoms with van der Waals surface area (Å²) in [6, 6.07) is 9.88. The molecule has 0 N–H and O–H groups in total. The van der Waals surface area contributed by atoms with Crippen LogP contribution in [0, 0.1) is 0 Å². The maximum atomic E-state index is 12.2. The second-order valence-electron chi connectivity index (χ2n) is 5.02. The Bertz CT molecular complexity index is 555. The van der Waals surface area contributed by atoms with E-state index in [9.17, 15) is 4.79 Å². The quantitative estimate of drug-likeness (QED) is 0.771. The lowest BCUT2D eigenvalue weighted by Gasteiger charge is -2.31. The largest absolute Gasteiger partial charge is 0.361 e. The summed E-state index contributed by atoms with van der Waals surface area (Å²) >= 11 is 6.98. The molecule has 4 atom stereocenters. The normalized spacial score (nSPS) is 30.8. The fraction of sp³-hybridized carbons (Fsp3) is 0.400. The van der Waals surface area contributed by atoms with E-state index < -0.39 is 6.10 Å². The van der Waals surface area contributed by atoms with E-state index in [1.807, 2.05) is 37.3 Å². The summed E-state index contributed by atoms with van der Waals surface area (Å²) in [5, 5.41) is 0. The number of fused-ring (bicyclic) bond motifs is 2. The number of halogens is 2. The molecule has 2 aliphatic heterocycles. The van der Waals surface area contributed by atoms with Crippen molar-refractivity contribution in [2.45, 2.75) is 37.8 Å². The predicted molar refractivity (Wildman–Crippen MR) is 82.9 cm³/mol. The molecule has 0 aliphatic carbocycles. The Morgan fingerprint density at radius 1 is 1.25 bits per heavy atom. The summed E-state index contributed by atoms with van der Waals surface area (Å²) < 4.78 is 13.6. The van der Waals surface area contributed by atoms with Crippen molar-refractivity contribution in [1.82, 2.24) is 0 Å². The average molecular weight is 402 g/mol. The van der Waals surface area contributed by atoms with Gasteiger partial charge in [-0.3, -0.25) is 4.79 Å². The van der Waals surface area contributed by atoms with Crippen molar-refractivity contribution in [2.75, 3.05) is 0 Å². The van der Waals surface area contributed by atoms with Gasteiger partial charge in [-0.05, 0) is 12.5 Å². The number of hydrogen-bond acceptors (Lipinski definition) is 3. The van der Waals surface area contributed by atoms with E-state index in [2.05, 4.69) is 31.9 Å². The van der Waals surface area contributed by atoms with Crippen LogP contribution in [-0.4, -0.2) is 24.1 Å². The SMILES string of the molecule is C[C@@H](O[C@@H]1C(=O)C[C@H]2O[C@@H]1C(Br)=C2Br)c1ccccc1. The standard InChI is InChI=1S/C15H14Br2O3/c1-8(9-5-3-2-4-6-9)19-14-10(18)7-11-12(16)13(17)15(14)20-11/h2-6,8,11,14-15H,7H2,1H3/t8-,11-,14-,15-/m1/s1. The molecule has 0 unspecified atom stereocenters. The third-order valence-electron chi connectivity index (χ3n) is 3.67. The van der Waals surface area contributed by atoms with E-state index in [0.717, 1.165) is 14.5 Å². The third-order valence-corrected chi connectivity index (χ3v) is 6.02. The molecule has 3 rings (SSSR count). The van der Waals surface area contributed by atoms with Crippen LogP contribution in [0.3, 0.4) is 0 Å². The Kier molecular flexibility index (Phi) is 4.13. The first kappa shape index (κ1) is 14.4. The molecule has 0 radical (unpaired) electrons. The first-order valence-electron chi connectivity index (χ1n) is 6.51. The van der Waals surface area contributed by atoms with Gasteiger partial charge >= 0.3 is 0 Å². The maximum absolute atomic E-state index is 12.2. The third kappa shape index (κ3) is 2.52. The highest BCUT2D eigenvalue weighted by molar-refractivity contribution is 9.14. The van der Waals surface area contributed by atoms with Crippen LogP contribution < -0.4 is 0 Å². The van der Waals surface area contributed by atoms with Crippen LogP contribution in [0.1, 0.15) is 25.0 Å². The Morgan fingerprint density at radius 2 is 1.95 bits per heavy atom. The molecule has 2 bridgehead atoms. The molecule has 20 heavy (non-hydrogen) atoms. The van der Waals surface area contributed by atoms with Crippen molar-refractivity contribution in [1.29, 1.82) is 0 Å². The molecule has 0 saturated carbocycles. The fourth-order valence-corrected chi connectivity index (χ4v) is 3.66. The van der Waals surface area contributed by atoms with Crippen molar-refractivity contribution in [3.63, 3.8) is 0 Å². The van der Waals surface area contributed by atoms with E-state index in [0.29, 0.717) is 6.42 Å². The zero-order valence-corrected chi connectivity index (χ0v) is 14.1. The highest BCUT2D eigenvalue weighted by Gasteiger charge is 2.47. The number of rotatable bonds is 3. The molecule has 1 fully saturated rings. The van der Waals surface area contributed by atoms with Gasteiger partial charge in [-0.25, -0.2) is 0 Å². The van der Waals surface area contributed by atoms with Crippen LogP contribution in [0.4, 0.5) is 0 Å². The molecule has 1 saturated heterocycles. The van der Waals surface area contributed by atoms with Crippen molar-refractivity contribution < 1.29 is 14.3 Å². The zero-order valence-electron chi connectivity index (χ0n) is 10.9. The molecule has 106 valence electrons. The molecular weight excluding hydrogens is 388 g/mol. The summed E-state index contributed by atoms with van der Waals surface area (Å²) in [4.78, 5) is 12.2. The first-order chi connectivity index (χ1) is 9.58. The van der Waals surface area contributed by atoms with Crippen molar-refractivity contribution in [2.24, 2.45) is 0 Å². The predicted octanol–water partition coefficient (Wildman–Crippen LogP) is 3.87. The molecule has 3 nitrogen and oxygen atoms in total. The van der Waals surface area contributed by atoms with E-state index >= 15 is 0 Å². The van der Waals surface area contributed by atoms with Crippen molar-refractivity contribution in [3.05, 3.63) is 44.9 Å². The lowest BCUT2D eigenvalue weighted by Crippen LogP contribution is -2.43. The zero-order chi connectivity index (χ0) is 14.3. The lowest BCUT2D eigenvalue weighted by molar-refractivity contribution is -0.158. The van der Waals surface area contributed by atoms with Crippen molar-refractivity contribution in [3.8, 4) is 0 Å². The molecule has 1 aromatic rings. The fourth-order valence-electron chi connectivity index (χ4n) is 2.57. The molecular formula is C15H14Br2O3. The summed E-state index contributed by atoms with van der Waals surface area (Å²) in [7, 11) is 0. The van der Waals surface area contributed by atoms with Gasteiger partial charge in [-0.15, -0.1) is 0 Å². The minimum atomic E-state index is -0.550. The van der Waals surface area contributed by atoms with Crippen LogP contribution in [0.15, 0.2) is 39.3 Å². The van der Waals surface area contributed by atoms with Crippen LogP contribution in [-0.2, 0) is 14.3 Å². The minimum Gasteiger partial charge on any atom is -0.361 e. The second kappa shape index (κ2) is 5.72. The van der Waals surface area contributed by atoms with Crippen LogP contribution in [0.25, 0.3) is 0 Å². The molecule has 0 aromatic heterocycles. The van der Waals surface area contributed by atoms with E-state index in [-0.39, 0.29) is 24.1 Å². The van der Waals surface area contributed by atoms with Gasteiger partial charge in [0.25, 0.3) is 0 Å². The van der Waals surface area contributed by atoms with Crippen LogP contribution >= 0.6 is 31.9 Å². The number of carbonyl (C=O) groups is 1. The van der Waals surface area contributed by atoms with Gasteiger partial charge in [0.1, 0.15) is 12.2 Å². The summed E-state index contributed by atoms with van der Waals surface area (Å²) in [5.74, 6) is 0.0976. The molecule has 2 aliphatic rings. The second-order valence-corrected chi connectivity index (χ2v) is 6.73. The molecule has 5 heteroatoms.